The molecule has 5 heteroatoms. The zero-order chi connectivity index (χ0) is 11.8. The Balaban J connectivity index is 2.74. The molecule has 0 radical (unpaired) electrons. The molecule has 1 aromatic rings. The summed E-state index contributed by atoms with van der Waals surface area (Å²) in [6.07, 6.45) is 1.86. The van der Waals surface area contributed by atoms with E-state index in [1.54, 1.807) is 0 Å². The van der Waals surface area contributed by atoms with Crippen molar-refractivity contribution in [2.24, 2.45) is 0 Å². The van der Waals surface area contributed by atoms with Crippen molar-refractivity contribution in [2.75, 3.05) is 30.3 Å². The normalized spacial score (nSPS) is 10.2. The van der Waals surface area contributed by atoms with Gasteiger partial charge in [-0.1, -0.05) is 13.8 Å². The standard InChI is InChI=1S/C11H20N4O/c1-3-5-12-10-8-11(13-6-7-16)15-9(4-2)14-10/h8,16H,3-7H2,1-2H3,(H2,12,13,14,15). The maximum atomic E-state index is 8.74. The highest BCUT2D eigenvalue weighted by Gasteiger charge is 2.02. The zero-order valence-corrected chi connectivity index (χ0v) is 9.95. The number of anilines is 2. The molecule has 0 amide bonds. The molecular formula is C11H20N4O. The van der Waals surface area contributed by atoms with Crippen LogP contribution in [0.4, 0.5) is 11.6 Å². The first kappa shape index (κ1) is 12.7. The molecule has 0 saturated carbocycles. The minimum atomic E-state index is 0.100. The second-order valence-electron chi connectivity index (χ2n) is 3.49. The highest BCUT2D eigenvalue weighted by molar-refractivity contribution is 5.47. The van der Waals surface area contributed by atoms with E-state index in [1.165, 1.54) is 0 Å². The number of aromatic nitrogens is 2. The summed E-state index contributed by atoms with van der Waals surface area (Å²) < 4.78 is 0. The lowest BCUT2D eigenvalue weighted by Gasteiger charge is -2.09. The lowest BCUT2D eigenvalue weighted by Crippen LogP contribution is -2.11. The third kappa shape index (κ3) is 4.02. The molecule has 16 heavy (non-hydrogen) atoms. The average molecular weight is 224 g/mol. The van der Waals surface area contributed by atoms with Gasteiger partial charge >= 0.3 is 0 Å². The van der Waals surface area contributed by atoms with E-state index < -0.39 is 0 Å². The number of aliphatic hydroxyl groups excluding tert-OH is 1. The van der Waals surface area contributed by atoms with Gasteiger partial charge in [0.05, 0.1) is 6.61 Å². The van der Waals surface area contributed by atoms with Crippen molar-refractivity contribution in [1.29, 1.82) is 0 Å². The Labute approximate surface area is 96.3 Å². The van der Waals surface area contributed by atoms with E-state index in [4.69, 9.17) is 5.11 Å². The van der Waals surface area contributed by atoms with Gasteiger partial charge in [0.2, 0.25) is 0 Å². The van der Waals surface area contributed by atoms with Crippen molar-refractivity contribution in [3.8, 4) is 0 Å². The van der Waals surface area contributed by atoms with Crippen LogP contribution >= 0.6 is 0 Å². The molecule has 0 aliphatic carbocycles. The van der Waals surface area contributed by atoms with Crippen molar-refractivity contribution in [1.82, 2.24) is 9.97 Å². The molecule has 1 heterocycles. The number of aryl methyl sites for hydroxylation is 1. The monoisotopic (exact) mass is 224 g/mol. The number of hydrogen-bond donors (Lipinski definition) is 3. The number of aliphatic hydroxyl groups is 1. The number of nitrogens with zero attached hydrogens (tertiary/aromatic N) is 2. The van der Waals surface area contributed by atoms with E-state index in [2.05, 4.69) is 27.5 Å². The first-order chi connectivity index (χ1) is 7.80. The summed E-state index contributed by atoms with van der Waals surface area (Å²) in [5, 5.41) is 15.0. The van der Waals surface area contributed by atoms with Gasteiger partial charge in [-0.25, -0.2) is 9.97 Å². The van der Waals surface area contributed by atoms with Crippen molar-refractivity contribution in [3.63, 3.8) is 0 Å². The molecule has 5 nitrogen and oxygen atoms in total. The molecule has 0 aromatic carbocycles. The Kier molecular flexibility index (Phi) is 5.56. The highest BCUT2D eigenvalue weighted by Crippen LogP contribution is 2.11. The van der Waals surface area contributed by atoms with Crippen molar-refractivity contribution in [2.45, 2.75) is 26.7 Å². The first-order valence-corrected chi connectivity index (χ1v) is 5.76. The van der Waals surface area contributed by atoms with Crippen LogP contribution in [0.3, 0.4) is 0 Å². The molecule has 0 atom stereocenters. The van der Waals surface area contributed by atoms with Gasteiger partial charge in [-0.2, -0.15) is 0 Å². The molecule has 1 rings (SSSR count). The Morgan fingerprint density at radius 2 is 1.75 bits per heavy atom. The maximum absolute atomic E-state index is 8.74. The summed E-state index contributed by atoms with van der Waals surface area (Å²) in [4.78, 5) is 8.70. The topological polar surface area (TPSA) is 70.1 Å². The van der Waals surface area contributed by atoms with Gasteiger partial charge < -0.3 is 15.7 Å². The first-order valence-electron chi connectivity index (χ1n) is 5.76. The predicted octanol–water partition coefficient (Wildman–Crippen LogP) is 1.27. The number of hydrogen-bond acceptors (Lipinski definition) is 5. The van der Waals surface area contributed by atoms with E-state index in [-0.39, 0.29) is 6.61 Å². The van der Waals surface area contributed by atoms with Crippen LogP contribution < -0.4 is 10.6 Å². The fourth-order valence-corrected chi connectivity index (χ4v) is 1.27. The van der Waals surface area contributed by atoms with E-state index in [1.807, 2.05) is 13.0 Å². The average Bonchev–Trinajstić information content (AvgIpc) is 2.33. The molecule has 0 saturated heterocycles. The van der Waals surface area contributed by atoms with Gasteiger partial charge in [0, 0.05) is 25.6 Å². The van der Waals surface area contributed by atoms with Crippen LogP contribution in [0, 0.1) is 0 Å². The second-order valence-corrected chi connectivity index (χ2v) is 3.49. The minimum absolute atomic E-state index is 0.100. The summed E-state index contributed by atoms with van der Waals surface area (Å²) in [5.74, 6) is 2.41. The molecule has 1 aromatic heterocycles. The number of rotatable bonds is 7. The molecule has 3 N–H and O–H groups in total. The van der Waals surface area contributed by atoms with Crippen LogP contribution in [-0.4, -0.2) is 34.8 Å². The molecule has 0 aliphatic heterocycles. The molecule has 0 spiro atoms. The van der Waals surface area contributed by atoms with Crippen LogP contribution in [0.5, 0.6) is 0 Å². The molecule has 0 bridgehead atoms. The third-order valence-electron chi connectivity index (χ3n) is 2.06. The third-order valence-corrected chi connectivity index (χ3v) is 2.06. The molecular weight excluding hydrogens is 204 g/mol. The Bertz CT molecular complexity index is 291. The van der Waals surface area contributed by atoms with Gasteiger partial charge in [-0.15, -0.1) is 0 Å². The summed E-state index contributed by atoms with van der Waals surface area (Å²) in [6.45, 7) is 5.64. The van der Waals surface area contributed by atoms with Crippen LogP contribution in [-0.2, 0) is 6.42 Å². The summed E-state index contributed by atoms with van der Waals surface area (Å²) in [7, 11) is 0. The second kappa shape index (κ2) is 7.00. The smallest absolute Gasteiger partial charge is 0.132 e. The van der Waals surface area contributed by atoms with Crippen molar-refractivity contribution < 1.29 is 5.11 Å². The molecule has 0 fully saturated rings. The van der Waals surface area contributed by atoms with Crippen molar-refractivity contribution in [3.05, 3.63) is 11.9 Å². The highest BCUT2D eigenvalue weighted by atomic mass is 16.3. The summed E-state index contributed by atoms with van der Waals surface area (Å²) in [5.41, 5.74) is 0. The minimum Gasteiger partial charge on any atom is -0.395 e. The summed E-state index contributed by atoms with van der Waals surface area (Å²) >= 11 is 0. The molecule has 0 aliphatic rings. The lowest BCUT2D eigenvalue weighted by molar-refractivity contribution is 0.311. The van der Waals surface area contributed by atoms with Gasteiger partial charge in [-0.3, -0.25) is 0 Å². The van der Waals surface area contributed by atoms with Crippen molar-refractivity contribution >= 4 is 11.6 Å². The van der Waals surface area contributed by atoms with Crippen LogP contribution in [0.2, 0.25) is 0 Å². The fourth-order valence-electron chi connectivity index (χ4n) is 1.27. The van der Waals surface area contributed by atoms with E-state index in [0.29, 0.717) is 6.54 Å². The van der Waals surface area contributed by atoms with E-state index in [0.717, 1.165) is 36.8 Å². The quantitative estimate of drug-likeness (QED) is 0.650. The van der Waals surface area contributed by atoms with Crippen LogP contribution in [0.15, 0.2) is 6.07 Å². The van der Waals surface area contributed by atoms with Crippen LogP contribution in [0.25, 0.3) is 0 Å². The Morgan fingerprint density at radius 3 is 2.25 bits per heavy atom. The SMILES string of the molecule is CCCNc1cc(NCCO)nc(CC)n1. The maximum Gasteiger partial charge on any atom is 0.132 e. The van der Waals surface area contributed by atoms with E-state index in [9.17, 15) is 0 Å². The Hall–Kier alpha value is -1.36. The van der Waals surface area contributed by atoms with Gasteiger partial charge in [-0.05, 0) is 6.42 Å². The summed E-state index contributed by atoms with van der Waals surface area (Å²) in [6, 6.07) is 1.87. The molecule has 90 valence electrons. The number of nitrogens with one attached hydrogen (secondary N) is 2. The van der Waals surface area contributed by atoms with Crippen LogP contribution in [0.1, 0.15) is 26.1 Å². The largest absolute Gasteiger partial charge is 0.395 e. The zero-order valence-electron chi connectivity index (χ0n) is 9.95. The fraction of sp³-hybridized carbons (Fsp3) is 0.636. The van der Waals surface area contributed by atoms with E-state index >= 15 is 0 Å². The molecule has 0 unspecified atom stereocenters. The predicted molar refractivity (Wildman–Crippen MR) is 65.8 cm³/mol. The van der Waals surface area contributed by atoms with Gasteiger partial charge in [0.25, 0.3) is 0 Å². The van der Waals surface area contributed by atoms with Gasteiger partial charge in [0.15, 0.2) is 0 Å². The Morgan fingerprint density at radius 1 is 1.12 bits per heavy atom. The van der Waals surface area contributed by atoms with Gasteiger partial charge in [0.1, 0.15) is 17.5 Å². The lowest BCUT2D eigenvalue weighted by atomic mass is 10.4.